The van der Waals surface area contributed by atoms with Crippen LogP contribution >= 0.6 is 0 Å². The lowest BCUT2D eigenvalue weighted by atomic mass is 10.2. The molecule has 1 heterocycles. The van der Waals surface area contributed by atoms with Gasteiger partial charge < -0.3 is 14.8 Å². The van der Waals surface area contributed by atoms with Gasteiger partial charge in [-0.25, -0.2) is 9.82 Å². The summed E-state index contributed by atoms with van der Waals surface area (Å²) in [6.45, 7) is 0.324. The van der Waals surface area contributed by atoms with Crippen LogP contribution in [0.2, 0.25) is 0 Å². The van der Waals surface area contributed by atoms with Gasteiger partial charge in [-0.05, 0) is 35.4 Å². The molecule has 0 spiro atoms. The fourth-order valence-electron chi connectivity index (χ4n) is 2.08. The normalized spacial score (nSPS) is 12.2. The Hall–Kier alpha value is -3.42. The van der Waals surface area contributed by atoms with E-state index in [9.17, 15) is 14.0 Å². The maximum atomic E-state index is 12.8. The van der Waals surface area contributed by atoms with Crippen molar-refractivity contribution < 1.29 is 23.5 Å². The van der Waals surface area contributed by atoms with Crippen molar-refractivity contribution in [3.8, 4) is 11.5 Å². The van der Waals surface area contributed by atoms with E-state index in [-0.39, 0.29) is 19.2 Å². The summed E-state index contributed by atoms with van der Waals surface area (Å²) >= 11 is 0. The van der Waals surface area contributed by atoms with Crippen LogP contribution in [-0.2, 0) is 16.1 Å². The molecule has 2 aromatic carbocycles. The Bertz CT molecular complexity index is 821. The van der Waals surface area contributed by atoms with Crippen LogP contribution in [0.4, 0.5) is 4.39 Å². The first-order valence-corrected chi connectivity index (χ1v) is 7.37. The molecule has 0 aromatic heterocycles. The van der Waals surface area contributed by atoms with Gasteiger partial charge in [0.2, 0.25) is 6.79 Å². The number of hydrogen-bond donors (Lipinski definition) is 2. The van der Waals surface area contributed by atoms with Gasteiger partial charge in [0.05, 0.1) is 6.21 Å². The number of benzene rings is 2. The quantitative estimate of drug-likeness (QED) is 0.498. The second kappa shape index (κ2) is 7.43. The fourth-order valence-corrected chi connectivity index (χ4v) is 2.08. The Balaban J connectivity index is 1.47. The van der Waals surface area contributed by atoms with Crippen LogP contribution in [0.1, 0.15) is 11.1 Å². The summed E-state index contributed by atoms with van der Waals surface area (Å²) in [6, 6.07) is 10.7. The topological polar surface area (TPSA) is 89.0 Å². The fraction of sp³-hybridized carbons (Fsp3) is 0.118. The summed E-state index contributed by atoms with van der Waals surface area (Å²) in [5, 5.41) is 6.13. The summed E-state index contributed by atoms with van der Waals surface area (Å²) < 4.78 is 23.2. The molecule has 2 aromatic rings. The molecule has 0 atom stereocenters. The van der Waals surface area contributed by atoms with Gasteiger partial charge in [-0.3, -0.25) is 9.59 Å². The molecule has 1 aliphatic heterocycles. The number of amides is 2. The van der Waals surface area contributed by atoms with Crippen molar-refractivity contribution in [2.75, 3.05) is 6.79 Å². The number of nitrogens with zero attached hydrogens (tertiary/aromatic N) is 1. The van der Waals surface area contributed by atoms with Crippen molar-refractivity contribution in [1.82, 2.24) is 10.7 Å². The highest BCUT2D eigenvalue weighted by Gasteiger charge is 2.15. The summed E-state index contributed by atoms with van der Waals surface area (Å²) in [6.07, 6.45) is 1.31. The molecule has 8 heteroatoms. The molecular formula is C17H14FN3O4. The van der Waals surface area contributed by atoms with Crippen LogP contribution in [0.5, 0.6) is 11.5 Å². The molecule has 0 unspecified atom stereocenters. The van der Waals surface area contributed by atoms with Crippen LogP contribution in [0.3, 0.4) is 0 Å². The SMILES string of the molecule is O=C(NCc1ccc2c(c1)OCO2)C(=O)N/N=C/c1ccc(F)cc1. The molecule has 0 saturated heterocycles. The molecule has 25 heavy (non-hydrogen) atoms. The summed E-state index contributed by atoms with van der Waals surface area (Å²) in [4.78, 5) is 23.4. The Kier molecular flexibility index (Phi) is 4.89. The van der Waals surface area contributed by atoms with Gasteiger partial charge in [0.1, 0.15) is 5.82 Å². The average Bonchev–Trinajstić information content (AvgIpc) is 3.09. The molecule has 2 amide bonds. The number of halogens is 1. The first kappa shape index (κ1) is 16.4. The van der Waals surface area contributed by atoms with Gasteiger partial charge in [-0.15, -0.1) is 0 Å². The maximum Gasteiger partial charge on any atom is 0.329 e. The number of hydrazone groups is 1. The summed E-state index contributed by atoms with van der Waals surface area (Å²) in [5.41, 5.74) is 3.45. The van der Waals surface area contributed by atoms with Crippen molar-refractivity contribution in [2.24, 2.45) is 5.10 Å². The minimum Gasteiger partial charge on any atom is -0.454 e. The van der Waals surface area contributed by atoms with E-state index in [1.807, 2.05) is 0 Å². The van der Waals surface area contributed by atoms with E-state index >= 15 is 0 Å². The van der Waals surface area contributed by atoms with Gasteiger partial charge >= 0.3 is 11.8 Å². The minimum absolute atomic E-state index is 0.157. The first-order chi connectivity index (χ1) is 12.1. The molecule has 2 N–H and O–H groups in total. The van der Waals surface area contributed by atoms with Crippen molar-refractivity contribution in [2.45, 2.75) is 6.54 Å². The lowest BCUT2D eigenvalue weighted by molar-refractivity contribution is -0.139. The van der Waals surface area contributed by atoms with Crippen molar-refractivity contribution >= 4 is 18.0 Å². The number of rotatable bonds is 4. The molecule has 0 bridgehead atoms. The van der Waals surface area contributed by atoms with Crippen LogP contribution in [-0.4, -0.2) is 24.8 Å². The van der Waals surface area contributed by atoms with Crippen LogP contribution in [0, 0.1) is 5.82 Å². The van der Waals surface area contributed by atoms with Gasteiger partial charge in [-0.1, -0.05) is 18.2 Å². The third-order valence-electron chi connectivity index (χ3n) is 3.35. The minimum atomic E-state index is -0.904. The van der Waals surface area contributed by atoms with Crippen LogP contribution in [0.15, 0.2) is 47.6 Å². The molecule has 1 aliphatic rings. The number of carbonyl (C=O) groups excluding carboxylic acids is 2. The number of nitrogens with one attached hydrogen (secondary N) is 2. The van der Waals surface area contributed by atoms with Crippen molar-refractivity contribution in [1.29, 1.82) is 0 Å². The lowest BCUT2D eigenvalue weighted by Gasteiger charge is -2.05. The molecular weight excluding hydrogens is 329 g/mol. The van der Waals surface area contributed by atoms with E-state index in [2.05, 4.69) is 15.8 Å². The molecule has 7 nitrogen and oxygen atoms in total. The molecule has 3 rings (SSSR count). The highest BCUT2D eigenvalue weighted by atomic mass is 19.1. The third-order valence-corrected chi connectivity index (χ3v) is 3.35. The van der Waals surface area contributed by atoms with E-state index in [0.717, 1.165) is 5.56 Å². The highest BCUT2D eigenvalue weighted by Crippen LogP contribution is 2.32. The van der Waals surface area contributed by atoms with Crippen LogP contribution in [0.25, 0.3) is 0 Å². The molecule has 0 fully saturated rings. The standard InChI is InChI=1S/C17H14FN3O4/c18-13-4-1-11(2-5-13)9-20-21-17(23)16(22)19-8-12-3-6-14-15(7-12)25-10-24-14/h1-7,9H,8,10H2,(H,19,22)(H,21,23)/b20-9+. The maximum absolute atomic E-state index is 12.8. The average molecular weight is 343 g/mol. The van der Waals surface area contributed by atoms with E-state index in [1.165, 1.54) is 30.5 Å². The number of ether oxygens (including phenoxy) is 2. The Morgan fingerprint density at radius 2 is 1.84 bits per heavy atom. The zero-order chi connectivity index (χ0) is 17.6. The van der Waals surface area contributed by atoms with Crippen molar-refractivity contribution in [3.05, 3.63) is 59.4 Å². The van der Waals surface area contributed by atoms with Gasteiger partial charge in [0, 0.05) is 6.54 Å². The number of carbonyl (C=O) groups is 2. The van der Waals surface area contributed by atoms with E-state index in [4.69, 9.17) is 9.47 Å². The summed E-state index contributed by atoms with van der Waals surface area (Å²) in [5.74, 6) is -0.861. The van der Waals surface area contributed by atoms with E-state index in [1.54, 1.807) is 18.2 Å². The van der Waals surface area contributed by atoms with E-state index in [0.29, 0.717) is 17.1 Å². The first-order valence-electron chi connectivity index (χ1n) is 7.37. The second-order valence-electron chi connectivity index (χ2n) is 5.12. The molecule has 128 valence electrons. The zero-order valence-electron chi connectivity index (χ0n) is 13.0. The monoisotopic (exact) mass is 343 g/mol. The molecule has 0 aliphatic carbocycles. The Morgan fingerprint density at radius 1 is 1.08 bits per heavy atom. The zero-order valence-corrected chi connectivity index (χ0v) is 13.0. The summed E-state index contributed by atoms with van der Waals surface area (Å²) in [7, 11) is 0. The predicted molar refractivity (Wildman–Crippen MR) is 86.5 cm³/mol. The lowest BCUT2D eigenvalue weighted by Crippen LogP contribution is -2.37. The van der Waals surface area contributed by atoms with E-state index < -0.39 is 11.8 Å². The Labute approximate surface area is 142 Å². The second-order valence-corrected chi connectivity index (χ2v) is 5.12. The third kappa shape index (κ3) is 4.31. The number of fused-ring (bicyclic) bond motifs is 1. The largest absolute Gasteiger partial charge is 0.454 e. The highest BCUT2D eigenvalue weighted by molar-refractivity contribution is 6.35. The molecule has 0 saturated carbocycles. The Morgan fingerprint density at radius 3 is 2.64 bits per heavy atom. The van der Waals surface area contributed by atoms with Crippen LogP contribution < -0.4 is 20.2 Å². The predicted octanol–water partition coefficient (Wildman–Crippen LogP) is 1.32. The smallest absolute Gasteiger partial charge is 0.329 e. The van der Waals surface area contributed by atoms with Gasteiger partial charge in [-0.2, -0.15) is 5.10 Å². The molecule has 0 radical (unpaired) electrons. The van der Waals surface area contributed by atoms with Gasteiger partial charge in [0.25, 0.3) is 0 Å². The van der Waals surface area contributed by atoms with Gasteiger partial charge in [0.15, 0.2) is 11.5 Å². The number of hydrogen-bond acceptors (Lipinski definition) is 5. The van der Waals surface area contributed by atoms with Crippen molar-refractivity contribution in [3.63, 3.8) is 0 Å².